The minimum absolute atomic E-state index is 0.106. The van der Waals surface area contributed by atoms with E-state index >= 15 is 0 Å². The second kappa shape index (κ2) is 10.8. The van der Waals surface area contributed by atoms with Gasteiger partial charge in [0, 0.05) is 36.0 Å². The lowest BCUT2D eigenvalue weighted by Crippen LogP contribution is -2.59. The molecule has 1 aliphatic heterocycles. The number of ketones is 1. The summed E-state index contributed by atoms with van der Waals surface area (Å²) in [6.07, 6.45) is 5.31. The van der Waals surface area contributed by atoms with Gasteiger partial charge < -0.3 is 15.2 Å². The fraction of sp³-hybridized carbons (Fsp3) is 0.345. The number of carbonyl (C=O) groups excluding carboxylic acids is 2. The molecule has 3 aromatic rings. The van der Waals surface area contributed by atoms with Crippen LogP contribution in [0.1, 0.15) is 48.5 Å². The van der Waals surface area contributed by atoms with Crippen molar-refractivity contribution >= 4 is 23.3 Å². The Balaban J connectivity index is 1.33. The normalized spacial score (nSPS) is 18.0. The van der Waals surface area contributed by atoms with Crippen LogP contribution in [0, 0.1) is 5.82 Å². The second-order valence-electron chi connectivity index (χ2n) is 9.85. The molecule has 1 aliphatic carbocycles. The molecule has 1 aromatic heterocycles. The second-order valence-corrected chi connectivity index (χ2v) is 10.3. The zero-order valence-corrected chi connectivity index (χ0v) is 21.7. The Bertz CT molecular complexity index is 1320. The number of benzene rings is 2. The maximum atomic E-state index is 13.2. The lowest BCUT2D eigenvalue weighted by atomic mass is 9.93. The maximum Gasteiger partial charge on any atom is 0.292 e. The Hall–Kier alpha value is -3.33. The number of hydrogen-bond acceptors (Lipinski definition) is 6. The van der Waals surface area contributed by atoms with Gasteiger partial charge in [0.25, 0.3) is 11.7 Å². The van der Waals surface area contributed by atoms with E-state index in [2.05, 4.69) is 10.3 Å². The number of rotatable bonds is 9. The highest BCUT2D eigenvalue weighted by atomic mass is 35.5. The SMILES string of the molecule is C[C@@H](NC(=O)C(=O)c1ccc(-c2ccc(F)cc2)nc1)[C@](O)(c1ccc(OC2CC2)c(Cl)c1)N1CCCC1. The maximum absolute atomic E-state index is 13.2. The first-order chi connectivity index (χ1) is 18.3. The summed E-state index contributed by atoms with van der Waals surface area (Å²) in [6, 6.07) is 13.3. The Labute approximate surface area is 225 Å². The fourth-order valence-corrected chi connectivity index (χ4v) is 4.99. The first-order valence-corrected chi connectivity index (χ1v) is 13.1. The third-order valence-electron chi connectivity index (χ3n) is 7.09. The van der Waals surface area contributed by atoms with Crippen molar-refractivity contribution in [3.05, 3.63) is 82.8 Å². The van der Waals surface area contributed by atoms with Crippen molar-refractivity contribution in [1.82, 2.24) is 15.2 Å². The zero-order valence-electron chi connectivity index (χ0n) is 21.0. The number of hydrogen-bond donors (Lipinski definition) is 2. The minimum Gasteiger partial charge on any atom is -0.489 e. The van der Waals surface area contributed by atoms with Crippen LogP contribution in [0.3, 0.4) is 0 Å². The number of aromatic nitrogens is 1. The average molecular weight is 538 g/mol. The van der Waals surface area contributed by atoms with Gasteiger partial charge in [0.2, 0.25) is 0 Å². The molecule has 2 aliphatic rings. The molecule has 5 rings (SSSR count). The summed E-state index contributed by atoms with van der Waals surface area (Å²) >= 11 is 6.50. The molecule has 9 heteroatoms. The van der Waals surface area contributed by atoms with Crippen molar-refractivity contribution in [3.63, 3.8) is 0 Å². The molecule has 38 heavy (non-hydrogen) atoms. The Kier molecular flexibility index (Phi) is 7.47. The van der Waals surface area contributed by atoms with Crippen molar-refractivity contribution in [3.8, 4) is 17.0 Å². The highest BCUT2D eigenvalue weighted by Gasteiger charge is 2.44. The summed E-state index contributed by atoms with van der Waals surface area (Å²) in [6.45, 7) is 2.94. The smallest absolute Gasteiger partial charge is 0.292 e. The van der Waals surface area contributed by atoms with Crippen LogP contribution in [0.2, 0.25) is 5.02 Å². The molecule has 1 amide bonds. The minimum atomic E-state index is -1.58. The van der Waals surface area contributed by atoms with Crippen LogP contribution in [0.25, 0.3) is 11.3 Å². The zero-order chi connectivity index (χ0) is 26.9. The van der Waals surface area contributed by atoms with Gasteiger partial charge in [-0.1, -0.05) is 17.7 Å². The molecule has 7 nitrogen and oxygen atoms in total. The highest BCUT2D eigenvalue weighted by Crippen LogP contribution is 2.38. The van der Waals surface area contributed by atoms with Crippen LogP contribution in [0.15, 0.2) is 60.8 Å². The Morgan fingerprint density at radius 2 is 1.84 bits per heavy atom. The number of ether oxygens (including phenoxy) is 1. The molecule has 2 N–H and O–H groups in total. The number of Topliss-reactive ketones (excluding diaryl/α,β-unsaturated/α-hetero) is 1. The van der Waals surface area contributed by atoms with Crippen molar-refractivity contribution in [1.29, 1.82) is 0 Å². The Morgan fingerprint density at radius 1 is 1.13 bits per heavy atom. The van der Waals surface area contributed by atoms with E-state index in [4.69, 9.17) is 16.3 Å². The van der Waals surface area contributed by atoms with E-state index in [1.54, 1.807) is 43.3 Å². The lowest BCUT2D eigenvalue weighted by molar-refractivity contribution is -0.139. The fourth-order valence-electron chi connectivity index (χ4n) is 4.77. The molecule has 0 bridgehead atoms. The Morgan fingerprint density at radius 3 is 2.45 bits per heavy atom. The lowest BCUT2D eigenvalue weighted by Gasteiger charge is -2.42. The van der Waals surface area contributed by atoms with Crippen molar-refractivity contribution in [2.75, 3.05) is 13.1 Å². The van der Waals surface area contributed by atoms with E-state index in [9.17, 15) is 19.1 Å². The average Bonchev–Trinajstić information content (AvgIpc) is 3.57. The molecule has 0 radical (unpaired) electrons. The van der Waals surface area contributed by atoms with Crippen molar-refractivity contribution in [2.24, 2.45) is 0 Å². The predicted octanol–water partition coefficient (Wildman–Crippen LogP) is 4.71. The van der Waals surface area contributed by atoms with Gasteiger partial charge in [0.05, 0.1) is 22.9 Å². The van der Waals surface area contributed by atoms with Crippen LogP contribution < -0.4 is 10.1 Å². The number of amides is 1. The van der Waals surface area contributed by atoms with E-state index < -0.39 is 23.5 Å². The van der Waals surface area contributed by atoms with Gasteiger partial charge in [-0.05, 0) is 81.1 Å². The monoisotopic (exact) mass is 537 g/mol. The van der Waals surface area contributed by atoms with Crippen LogP contribution in [0.5, 0.6) is 5.75 Å². The summed E-state index contributed by atoms with van der Waals surface area (Å²) in [5.74, 6) is -1.42. The molecule has 2 heterocycles. The van der Waals surface area contributed by atoms with Gasteiger partial charge in [-0.3, -0.25) is 19.5 Å². The standard InChI is InChI=1S/C29H29ClFN3O4/c1-18(33-28(36)27(35)20-6-12-25(32-17-20)19-4-8-22(31)9-5-19)29(37,34-14-2-3-15-34)21-7-13-26(24(30)16-21)38-23-10-11-23/h4-9,12-13,16-18,23,37H,2-3,10-11,14-15H2,1H3,(H,33,36)/t18-,29+/m1/s1. The molecular weight excluding hydrogens is 509 g/mol. The summed E-state index contributed by atoms with van der Waals surface area (Å²) in [7, 11) is 0. The molecule has 0 unspecified atom stereocenters. The molecule has 1 saturated heterocycles. The van der Waals surface area contributed by atoms with Crippen LogP contribution >= 0.6 is 11.6 Å². The molecular formula is C29H29ClFN3O4. The number of nitrogens with one attached hydrogen (secondary N) is 1. The molecule has 198 valence electrons. The number of pyridine rings is 1. The van der Waals surface area contributed by atoms with Gasteiger partial charge >= 0.3 is 0 Å². The number of carbonyl (C=O) groups is 2. The molecule has 0 spiro atoms. The predicted molar refractivity (Wildman–Crippen MR) is 141 cm³/mol. The summed E-state index contributed by atoms with van der Waals surface area (Å²) in [4.78, 5) is 32.1. The van der Waals surface area contributed by atoms with E-state index in [0.717, 1.165) is 25.7 Å². The topological polar surface area (TPSA) is 91.8 Å². The number of nitrogens with zero attached hydrogens (tertiary/aromatic N) is 2. The van der Waals surface area contributed by atoms with Crippen LogP contribution in [-0.4, -0.2) is 51.9 Å². The molecule has 2 atom stereocenters. The van der Waals surface area contributed by atoms with Gasteiger partial charge in [0.1, 0.15) is 11.6 Å². The first kappa shape index (κ1) is 26.3. The van der Waals surface area contributed by atoms with E-state index in [1.165, 1.54) is 24.4 Å². The van der Waals surface area contributed by atoms with Gasteiger partial charge in [-0.15, -0.1) is 0 Å². The van der Waals surface area contributed by atoms with Gasteiger partial charge in [-0.25, -0.2) is 4.39 Å². The summed E-state index contributed by atoms with van der Waals surface area (Å²) in [5, 5.41) is 15.1. The summed E-state index contributed by atoms with van der Waals surface area (Å²) < 4.78 is 19.0. The molecule has 2 aromatic carbocycles. The number of halogens is 2. The van der Waals surface area contributed by atoms with Crippen LogP contribution in [0.4, 0.5) is 4.39 Å². The largest absolute Gasteiger partial charge is 0.489 e. The molecule has 2 fully saturated rings. The molecule has 1 saturated carbocycles. The van der Waals surface area contributed by atoms with Crippen molar-refractivity contribution in [2.45, 2.75) is 50.5 Å². The summed E-state index contributed by atoms with van der Waals surface area (Å²) in [5.41, 5.74) is 0.267. The highest BCUT2D eigenvalue weighted by molar-refractivity contribution is 6.42. The van der Waals surface area contributed by atoms with Gasteiger partial charge in [0.15, 0.2) is 5.72 Å². The first-order valence-electron chi connectivity index (χ1n) is 12.8. The number of aliphatic hydroxyl groups is 1. The van der Waals surface area contributed by atoms with E-state index in [1.807, 2.05) is 4.90 Å². The van der Waals surface area contributed by atoms with E-state index in [0.29, 0.717) is 40.7 Å². The quantitative estimate of drug-likeness (QED) is 0.303. The van der Waals surface area contributed by atoms with Crippen LogP contribution in [-0.2, 0) is 10.5 Å². The third kappa shape index (κ3) is 5.43. The van der Waals surface area contributed by atoms with E-state index in [-0.39, 0.29) is 17.5 Å². The van der Waals surface area contributed by atoms with Crippen molar-refractivity contribution < 1.29 is 23.8 Å². The third-order valence-corrected chi connectivity index (χ3v) is 7.38. The van der Waals surface area contributed by atoms with Gasteiger partial charge in [-0.2, -0.15) is 0 Å². The number of likely N-dealkylation sites (tertiary alicyclic amines) is 1.